The number of hydrogen-bond acceptors (Lipinski definition) is 6. The first-order chi connectivity index (χ1) is 16.7. The molecule has 9 nitrogen and oxygen atoms in total. The van der Waals surface area contributed by atoms with E-state index in [1.165, 1.54) is 19.4 Å². The Morgan fingerprint density at radius 2 is 2.06 bits per heavy atom. The van der Waals surface area contributed by atoms with Gasteiger partial charge in [0, 0.05) is 55.6 Å². The lowest BCUT2D eigenvalue weighted by atomic mass is 9.84. The van der Waals surface area contributed by atoms with Crippen LogP contribution in [0.3, 0.4) is 0 Å². The Morgan fingerprint density at radius 1 is 1.29 bits per heavy atom. The molecule has 2 aliphatic rings. The lowest BCUT2D eigenvalue weighted by Gasteiger charge is -2.42. The van der Waals surface area contributed by atoms with Gasteiger partial charge in [-0.2, -0.15) is 4.39 Å². The molecule has 186 valence electrons. The zero-order valence-electron chi connectivity index (χ0n) is 19.7. The molecule has 35 heavy (non-hydrogen) atoms. The van der Waals surface area contributed by atoms with E-state index in [-0.39, 0.29) is 24.1 Å². The summed E-state index contributed by atoms with van der Waals surface area (Å²) in [4.78, 5) is 45.9. The Hall–Kier alpha value is -3.76. The van der Waals surface area contributed by atoms with Gasteiger partial charge in [-0.25, -0.2) is 9.18 Å². The van der Waals surface area contributed by atoms with Gasteiger partial charge in [-0.1, -0.05) is 13.0 Å². The Balaban J connectivity index is 1.48. The van der Waals surface area contributed by atoms with E-state index in [1.807, 2.05) is 11.8 Å². The van der Waals surface area contributed by atoms with Crippen LogP contribution in [0.1, 0.15) is 26.0 Å². The van der Waals surface area contributed by atoms with Gasteiger partial charge in [0.25, 0.3) is 5.91 Å². The molecule has 4 rings (SSSR count). The third-order valence-corrected chi connectivity index (χ3v) is 6.55. The molecule has 1 aromatic heterocycles. The number of carbonyl (C=O) groups is 3. The average molecular weight is 488 g/mol. The number of urea groups is 1. The molecule has 1 aromatic carbocycles. The molecule has 2 saturated heterocycles. The highest BCUT2D eigenvalue weighted by Gasteiger charge is 2.50. The Morgan fingerprint density at radius 3 is 2.66 bits per heavy atom. The standard InChI is InChI=1S/C24H27F2N5O4/c1-14(12-24(19-6-4-5-7-27-19)22(33)28-23(34)29-24)21(32)30-8-9-31(15(2)13-30)16-10-17(25)20(26)18(11-16)35-3/h4-7,10-11,14-15H,8-9,12-13H2,1-3H3,(H2,28,29,33,34)/t14?,15-,24?/m0/s1. The zero-order chi connectivity index (χ0) is 25.3. The lowest BCUT2D eigenvalue weighted by Crippen LogP contribution is -2.55. The maximum atomic E-state index is 14.0. The number of imide groups is 1. The van der Waals surface area contributed by atoms with Crippen LogP contribution in [0.15, 0.2) is 36.5 Å². The van der Waals surface area contributed by atoms with Crippen LogP contribution in [0.2, 0.25) is 0 Å². The van der Waals surface area contributed by atoms with Gasteiger partial charge in [-0.15, -0.1) is 0 Å². The quantitative estimate of drug-likeness (QED) is 0.606. The first-order valence-electron chi connectivity index (χ1n) is 11.3. The summed E-state index contributed by atoms with van der Waals surface area (Å²) in [6.07, 6.45) is 1.56. The van der Waals surface area contributed by atoms with Crippen molar-refractivity contribution in [3.63, 3.8) is 0 Å². The van der Waals surface area contributed by atoms with Crippen LogP contribution in [0, 0.1) is 17.6 Å². The van der Waals surface area contributed by atoms with Crippen molar-refractivity contribution < 1.29 is 27.9 Å². The third-order valence-electron chi connectivity index (χ3n) is 6.55. The highest BCUT2D eigenvalue weighted by Crippen LogP contribution is 2.33. The van der Waals surface area contributed by atoms with Gasteiger partial charge in [-0.05, 0) is 25.5 Å². The maximum absolute atomic E-state index is 14.0. The summed E-state index contributed by atoms with van der Waals surface area (Å²) < 4.78 is 32.8. The van der Waals surface area contributed by atoms with E-state index >= 15 is 0 Å². The fourth-order valence-electron chi connectivity index (χ4n) is 4.80. The highest BCUT2D eigenvalue weighted by atomic mass is 19.2. The van der Waals surface area contributed by atoms with Gasteiger partial charge < -0.3 is 19.9 Å². The van der Waals surface area contributed by atoms with Crippen LogP contribution < -0.4 is 20.3 Å². The molecule has 2 fully saturated rings. The fourth-order valence-corrected chi connectivity index (χ4v) is 4.80. The number of ether oxygens (including phenoxy) is 1. The van der Waals surface area contributed by atoms with Crippen molar-refractivity contribution >= 4 is 23.5 Å². The van der Waals surface area contributed by atoms with Crippen molar-refractivity contribution in [3.8, 4) is 5.75 Å². The number of carbonyl (C=O) groups excluding carboxylic acids is 3. The summed E-state index contributed by atoms with van der Waals surface area (Å²) in [5.41, 5.74) is -0.621. The molecule has 4 amide bonds. The summed E-state index contributed by atoms with van der Waals surface area (Å²) in [7, 11) is 1.27. The number of nitrogens with zero attached hydrogens (tertiary/aromatic N) is 3. The van der Waals surface area contributed by atoms with Crippen molar-refractivity contribution in [2.45, 2.75) is 31.8 Å². The van der Waals surface area contributed by atoms with Crippen LogP contribution in [0.5, 0.6) is 5.75 Å². The number of piperazine rings is 1. The SMILES string of the molecule is COc1cc(N2CCN(C(=O)C(C)CC3(c4ccccn4)NC(=O)NC3=O)C[C@@H]2C)cc(F)c1F. The van der Waals surface area contributed by atoms with Gasteiger partial charge in [-0.3, -0.25) is 19.9 Å². The molecule has 3 heterocycles. The van der Waals surface area contributed by atoms with E-state index in [9.17, 15) is 23.2 Å². The number of pyridine rings is 1. The third kappa shape index (κ3) is 4.50. The molecule has 0 aliphatic carbocycles. The Labute approximate surface area is 201 Å². The summed E-state index contributed by atoms with van der Waals surface area (Å²) in [6, 6.07) is 6.78. The molecule has 0 spiro atoms. The molecular formula is C24H27F2N5O4. The number of methoxy groups -OCH3 is 1. The topological polar surface area (TPSA) is 104 Å². The van der Waals surface area contributed by atoms with Crippen LogP contribution in [0.4, 0.5) is 19.3 Å². The van der Waals surface area contributed by atoms with Crippen LogP contribution in [-0.2, 0) is 15.1 Å². The molecule has 2 aromatic rings. The van der Waals surface area contributed by atoms with E-state index in [2.05, 4.69) is 15.6 Å². The molecule has 0 bridgehead atoms. The van der Waals surface area contributed by atoms with Gasteiger partial charge in [0.1, 0.15) is 0 Å². The van der Waals surface area contributed by atoms with Crippen LogP contribution >= 0.6 is 0 Å². The van der Waals surface area contributed by atoms with Gasteiger partial charge >= 0.3 is 6.03 Å². The number of nitrogens with one attached hydrogen (secondary N) is 2. The summed E-state index contributed by atoms with van der Waals surface area (Å²) in [6.45, 7) is 4.69. The number of amides is 4. The molecule has 2 N–H and O–H groups in total. The van der Waals surface area contributed by atoms with Crippen molar-refractivity contribution in [2.24, 2.45) is 5.92 Å². The van der Waals surface area contributed by atoms with E-state index in [4.69, 9.17) is 4.74 Å². The maximum Gasteiger partial charge on any atom is 0.322 e. The first kappa shape index (κ1) is 24.4. The predicted octanol–water partition coefficient (Wildman–Crippen LogP) is 2.17. The lowest BCUT2D eigenvalue weighted by molar-refractivity contribution is -0.137. The number of hydrogen-bond donors (Lipinski definition) is 2. The van der Waals surface area contributed by atoms with E-state index in [0.717, 1.165) is 6.07 Å². The second kappa shape index (κ2) is 9.47. The number of aromatic nitrogens is 1. The Kier molecular flexibility index (Phi) is 6.60. The normalized spacial score (nSPS) is 23.1. The number of halogens is 2. The second-order valence-corrected chi connectivity index (χ2v) is 8.90. The summed E-state index contributed by atoms with van der Waals surface area (Å²) in [5, 5.41) is 4.91. The summed E-state index contributed by atoms with van der Waals surface area (Å²) in [5.74, 6) is -3.57. The number of anilines is 1. The van der Waals surface area contributed by atoms with E-state index < -0.39 is 35.0 Å². The molecule has 0 saturated carbocycles. The number of rotatable bonds is 6. The first-order valence-corrected chi connectivity index (χ1v) is 11.3. The van der Waals surface area contributed by atoms with Crippen molar-refractivity contribution in [1.29, 1.82) is 0 Å². The second-order valence-electron chi connectivity index (χ2n) is 8.90. The minimum Gasteiger partial charge on any atom is -0.493 e. The monoisotopic (exact) mass is 487 g/mol. The minimum atomic E-state index is -1.44. The molecule has 2 unspecified atom stereocenters. The highest BCUT2D eigenvalue weighted by molar-refractivity contribution is 6.07. The van der Waals surface area contributed by atoms with Crippen molar-refractivity contribution in [1.82, 2.24) is 20.5 Å². The zero-order valence-corrected chi connectivity index (χ0v) is 19.7. The van der Waals surface area contributed by atoms with Gasteiger partial charge in [0.15, 0.2) is 17.1 Å². The number of benzene rings is 1. The van der Waals surface area contributed by atoms with Crippen molar-refractivity contribution in [3.05, 3.63) is 53.9 Å². The molecule has 2 aliphatic heterocycles. The smallest absolute Gasteiger partial charge is 0.322 e. The molecule has 3 atom stereocenters. The fraction of sp³-hybridized carbons (Fsp3) is 0.417. The van der Waals surface area contributed by atoms with E-state index in [1.54, 1.807) is 30.0 Å². The predicted molar refractivity (Wildman–Crippen MR) is 123 cm³/mol. The minimum absolute atomic E-state index is 0.0371. The van der Waals surface area contributed by atoms with Crippen LogP contribution in [-0.4, -0.2) is 60.5 Å². The molecule has 11 heteroatoms. The summed E-state index contributed by atoms with van der Waals surface area (Å²) >= 11 is 0. The van der Waals surface area contributed by atoms with Crippen molar-refractivity contribution in [2.75, 3.05) is 31.6 Å². The van der Waals surface area contributed by atoms with Gasteiger partial charge in [0.2, 0.25) is 11.7 Å². The van der Waals surface area contributed by atoms with Crippen LogP contribution in [0.25, 0.3) is 0 Å². The van der Waals surface area contributed by atoms with Gasteiger partial charge in [0.05, 0.1) is 12.8 Å². The van der Waals surface area contributed by atoms with E-state index in [0.29, 0.717) is 31.0 Å². The Bertz CT molecular complexity index is 1150. The average Bonchev–Trinajstić information content (AvgIpc) is 3.14. The molecular weight excluding hydrogens is 460 g/mol. The largest absolute Gasteiger partial charge is 0.493 e. The molecule has 0 radical (unpaired) electrons.